The second-order valence-electron chi connectivity index (χ2n) is 7.93. The molecule has 1 atom stereocenters. The van der Waals surface area contributed by atoms with Crippen molar-refractivity contribution in [3.63, 3.8) is 0 Å². The summed E-state index contributed by atoms with van der Waals surface area (Å²) in [6.45, 7) is 0.448. The Kier molecular flexibility index (Phi) is 6.14. The number of nitrogens with zero attached hydrogens (tertiary/aromatic N) is 1. The molecule has 1 amide bonds. The van der Waals surface area contributed by atoms with Crippen LogP contribution >= 0.6 is 0 Å². The minimum Gasteiger partial charge on any atom is -0.508 e. The number of anilines is 1. The molecule has 0 aromatic heterocycles. The number of aromatic hydroxyl groups is 1. The number of carbonyl (C=O) groups excluding carboxylic acids is 1. The average molecular weight is 423 g/mol. The van der Waals surface area contributed by atoms with Crippen molar-refractivity contribution in [3.8, 4) is 17.2 Å². The van der Waals surface area contributed by atoms with Crippen LogP contribution in [0.3, 0.4) is 0 Å². The van der Waals surface area contributed by atoms with Gasteiger partial charge in [-0.3, -0.25) is 4.79 Å². The van der Waals surface area contributed by atoms with Crippen LogP contribution < -0.4 is 14.8 Å². The summed E-state index contributed by atoms with van der Waals surface area (Å²) in [6, 6.07) is 4.88. The zero-order valence-electron chi connectivity index (χ0n) is 17.0. The predicted molar refractivity (Wildman–Crippen MR) is 106 cm³/mol. The highest BCUT2D eigenvalue weighted by molar-refractivity contribution is 5.96. The highest BCUT2D eigenvalue weighted by Gasteiger charge is 2.29. The lowest BCUT2D eigenvalue weighted by Gasteiger charge is -2.33. The number of phenols is 1. The summed E-state index contributed by atoms with van der Waals surface area (Å²) in [4.78, 5) is 11.5. The van der Waals surface area contributed by atoms with E-state index < -0.39 is 17.7 Å². The van der Waals surface area contributed by atoms with Gasteiger partial charge in [-0.2, -0.15) is 0 Å². The summed E-state index contributed by atoms with van der Waals surface area (Å²) in [6.07, 6.45) is -0.773. The predicted octanol–water partition coefficient (Wildman–Crippen LogP) is 2.36. The molecule has 1 aliphatic rings. The van der Waals surface area contributed by atoms with Crippen LogP contribution in [0.2, 0.25) is 0 Å². The summed E-state index contributed by atoms with van der Waals surface area (Å²) >= 11 is 0. The normalized spacial score (nSPS) is 14.5. The van der Waals surface area contributed by atoms with E-state index in [9.17, 15) is 23.8 Å². The molecule has 1 aliphatic heterocycles. The average Bonchev–Trinajstić information content (AvgIpc) is 2.66. The van der Waals surface area contributed by atoms with Gasteiger partial charge in [-0.05, 0) is 17.7 Å². The topological polar surface area (TPSA) is 88.0 Å². The number of likely N-dealkylation sites (N-methyl/N-ethyl adjacent to an activating group) is 1. The summed E-state index contributed by atoms with van der Waals surface area (Å²) in [5.74, 6) is -1.50. The van der Waals surface area contributed by atoms with Crippen LogP contribution in [-0.2, 0) is 11.2 Å². The Balaban J connectivity index is 1.73. The van der Waals surface area contributed by atoms with E-state index >= 15 is 0 Å². The van der Waals surface area contributed by atoms with Crippen molar-refractivity contribution in [2.24, 2.45) is 0 Å². The molecule has 3 N–H and O–H groups in total. The minimum atomic E-state index is -1.02. The maximum atomic E-state index is 14.2. The monoisotopic (exact) mass is 423 g/mol. The van der Waals surface area contributed by atoms with Gasteiger partial charge < -0.3 is 29.5 Å². The van der Waals surface area contributed by atoms with Gasteiger partial charge in [-0.1, -0.05) is 0 Å². The van der Waals surface area contributed by atoms with Crippen molar-refractivity contribution < 1.29 is 37.7 Å². The molecule has 30 heavy (non-hydrogen) atoms. The van der Waals surface area contributed by atoms with E-state index in [0.29, 0.717) is 23.5 Å². The van der Waals surface area contributed by atoms with Gasteiger partial charge in [0.15, 0.2) is 18.2 Å². The summed E-state index contributed by atoms with van der Waals surface area (Å²) in [5.41, 5.74) is 0.856. The summed E-state index contributed by atoms with van der Waals surface area (Å²) in [5, 5.41) is 23.3. The lowest BCUT2D eigenvalue weighted by atomic mass is 10.0. The zero-order valence-corrected chi connectivity index (χ0v) is 17.0. The Labute approximate surface area is 173 Å². The molecule has 0 radical (unpaired) electrons. The van der Waals surface area contributed by atoms with Gasteiger partial charge in [0.05, 0.1) is 33.4 Å². The first-order chi connectivity index (χ1) is 14.1. The van der Waals surface area contributed by atoms with Crippen LogP contribution in [0.25, 0.3) is 0 Å². The third-order valence-corrected chi connectivity index (χ3v) is 5.06. The number of aliphatic hydroxyl groups is 1. The fourth-order valence-electron chi connectivity index (χ4n) is 3.46. The zero-order chi connectivity index (χ0) is 22.1. The highest BCUT2D eigenvalue weighted by Crippen LogP contribution is 2.39. The molecule has 162 valence electrons. The standard InChI is InChI=1S/C21H24F2N2O5/c1-25(2,5-4-12-6-16(23)19(29-3)9-15(12)22)10-18(27)14-7-13(26)8-17-21(14)30-11-20(28)24-17/h6-9,18,27H,4-5,10-11H2,1-3H3,(H-,24,26,28)/p+1. The molecule has 0 bridgehead atoms. The minimum absolute atomic E-state index is 0.116. The lowest BCUT2D eigenvalue weighted by molar-refractivity contribution is -0.893. The Morgan fingerprint density at radius 1 is 1.23 bits per heavy atom. The fourth-order valence-corrected chi connectivity index (χ4v) is 3.46. The number of aliphatic hydroxyl groups excluding tert-OH is 1. The second-order valence-corrected chi connectivity index (χ2v) is 7.93. The van der Waals surface area contributed by atoms with Crippen LogP contribution in [-0.4, -0.2) is 61.5 Å². The molecular weight excluding hydrogens is 398 g/mol. The van der Waals surface area contributed by atoms with E-state index in [1.165, 1.54) is 19.2 Å². The maximum Gasteiger partial charge on any atom is 0.262 e. The maximum absolute atomic E-state index is 14.2. The van der Waals surface area contributed by atoms with E-state index in [4.69, 9.17) is 9.47 Å². The summed E-state index contributed by atoms with van der Waals surface area (Å²) in [7, 11) is 4.96. The highest BCUT2D eigenvalue weighted by atomic mass is 19.1. The number of phenolic OH excluding ortho intramolecular Hbond substituents is 1. The quantitative estimate of drug-likeness (QED) is 0.595. The smallest absolute Gasteiger partial charge is 0.262 e. The molecular formula is C21H25F2N2O5+. The molecule has 0 aliphatic carbocycles. The molecule has 0 spiro atoms. The number of hydrogen-bond acceptors (Lipinski definition) is 5. The number of nitrogens with one attached hydrogen (secondary N) is 1. The lowest BCUT2D eigenvalue weighted by Crippen LogP contribution is -2.44. The van der Waals surface area contributed by atoms with Gasteiger partial charge in [0.2, 0.25) is 0 Å². The van der Waals surface area contributed by atoms with Crippen molar-refractivity contribution in [2.45, 2.75) is 12.5 Å². The Hall–Kier alpha value is -2.91. The fraction of sp³-hybridized carbons (Fsp3) is 0.381. The van der Waals surface area contributed by atoms with Crippen LogP contribution in [0.4, 0.5) is 14.5 Å². The van der Waals surface area contributed by atoms with Gasteiger partial charge in [-0.25, -0.2) is 8.78 Å². The first-order valence-electron chi connectivity index (χ1n) is 9.41. The van der Waals surface area contributed by atoms with E-state index in [-0.39, 0.29) is 47.0 Å². The second kappa shape index (κ2) is 8.45. The molecule has 2 aromatic rings. The van der Waals surface area contributed by atoms with Crippen molar-refractivity contribution in [1.29, 1.82) is 0 Å². The van der Waals surface area contributed by atoms with Crippen LogP contribution in [0.5, 0.6) is 17.2 Å². The van der Waals surface area contributed by atoms with Crippen LogP contribution in [0.15, 0.2) is 24.3 Å². The van der Waals surface area contributed by atoms with Gasteiger partial charge >= 0.3 is 0 Å². The van der Waals surface area contributed by atoms with Gasteiger partial charge in [0.1, 0.15) is 30.0 Å². The van der Waals surface area contributed by atoms with E-state index in [1.807, 2.05) is 14.1 Å². The first kappa shape index (κ1) is 21.8. The molecule has 3 rings (SSSR count). The molecule has 1 heterocycles. The van der Waals surface area contributed by atoms with E-state index in [2.05, 4.69) is 5.32 Å². The number of rotatable bonds is 7. The number of amides is 1. The molecule has 1 unspecified atom stereocenters. The molecule has 9 heteroatoms. The number of hydrogen-bond donors (Lipinski definition) is 3. The number of ether oxygens (including phenoxy) is 2. The molecule has 2 aromatic carbocycles. The molecule has 0 saturated carbocycles. The molecule has 0 saturated heterocycles. The largest absolute Gasteiger partial charge is 0.508 e. The van der Waals surface area contributed by atoms with Gasteiger partial charge in [-0.15, -0.1) is 0 Å². The number of methoxy groups -OCH3 is 1. The van der Waals surface area contributed by atoms with Crippen molar-refractivity contribution in [2.75, 3.05) is 46.2 Å². The van der Waals surface area contributed by atoms with Crippen molar-refractivity contribution in [1.82, 2.24) is 0 Å². The van der Waals surface area contributed by atoms with E-state index in [1.54, 1.807) is 0 Å². The third-order valence-electron chi connectivity index (χ3n) is 5.06. The van der Waals surface area contributed by atoms with E-state index in [0.717, 1.165) is 12.1 Å². The van der Waals surface area contributed by atoms with Crippen LogP contribution in [0.1, 0.15) is 17.2 Å². The summed E-state index contributed by atoms with van der Waals surface area (Å²) < 4.78 is 38.6. The number of benzene rings is 2. The van der Waals surface area contributed by atoms with Crippen molar-refractivity contribution >= 4 is 11.6 Å². The third kappa shape index (κ3) is 4.80. The number of fused-ring (bicyclic) bond motifs is 1. The van der Waals surface area contributed by atoms with Crippen molar-refractivity contribution in [3.05, 3.63) is 47.0 Å². The number of halogens is 2. The SMILES string of the molecule is COc1cc(F)c(CC[N+](C)(C)CC(O)c2cc(O)cc3c2OCC(=O)N3)cc1F. The number of quaternary nitrogens is 1. The Morgan fingerprint density at radius 3 is 2.67 bits per heavy atom. The van der Waals surface area contributed by atoms with Gasteiger partial charge in [0, 0.05) is 24.1 Å². The molecule has 0 fully saturated rings. The van der Waals surface area contributed by atoms with Gasteiger partial charge in [0.25, 0.3) is 5.91 Å². The Bertz CT molecular complexity index is 965. The molecule has 7 nitrogen and oxygen atoms in total. The number of carbonyl (C=O) groups is 1. The van der Waals surface area contributed by atoms with Crippen LogP contribution in [0, 0.1) is 11.6 Å². The first-order valence-corrected chi connectivity index (χ1v) is 9.41. The Morgan fingerprint density at radius 2 is 1.97 bits per heavy atom.